The van der Waals surface area contributed by atoms with Crippen LogP contribution in [-0.2, 0) is 6.42 Å². The summed E-state index contributed by atoms with van der Waals surface area (Å²) in [6.45, 7) is 4.01. The molecule has 0 fully saturated rings. The fourth-order valence-corrected chi connectivity index (χ4v) is 1.88. The van der Waals surface area contributed by atoms with Crippen molar-refractivity contribution in [2.24, 2.45) is 0 Å². The number of hydrogen-bond acceptors (Lipinski definition) is 3. The Morgan fingerprint density at radius 1 is 1.29 bits per heavy atom. The molecule has 2 aromatic heterocycles. The molecule has 0 atom stereocenters. The van der Waals surface area contributed by atoms with Crippen LogP contribution in [0.4, 0.5) is 0 Å². The van der Waals surface area contributed by atoms with Crippen LogP contribution in [0, 0.1) is 6.92 Å². The van der Waals surface area contributed by atoms with Crippen LogP contribution in [0.5, 0.6) is 0 Å². The molecule has 0 saturated heterocycles. The second kappa shape index (κ2) is 3.73. The van der Waals surface area contributed by atoms with Crippen molar-refractivity contribution in [3.05, 3.63) is 35.6 Å². The Labute approximate surface area is 98.7 Å². The molecule has 1 aromatic carbocycles. The van der Waals surface area contributed by atoms with Crippen molar-refractivity contribution < 1.29 is 4.52 Å². The predicted octanol–water partition coefficient (Wildman–Crippen LogP) is 3.09. The van der Waals surface area contributed by atoms with Gasteiger partial charge >= 0.3 is 0 Å². The Morgan fingerprint density at radius 2 is 2.18 bits per heavy atom. The molecule has 0 aliphatic rings. The molecule has 1 N–H and O–H groups in total. The topological polar surface area (TPSA) is 54.7 Å². The molecule has 3 aromatic rings. The van der Waals surface area contributed by atoms with Crippen LogP contribution in [0.1, 0.15) is 18.2 Å². The molecule has 3 rings (SSSR count). The van der Waals surface area contributed by atoms with Gasteiger partial charge in [-0.05, 0) is 31.0 Å². The smallest absolute Gasteiger partial charge is 0.160 e. The molecular weight excluding hydrogens is 214 g/mol. The van der Waals surface area contributed by atoms with Crippen LogP contribution in [0.15, 0.2) is 28.8 Å². The number of nitrogens with zero attached hydrogens (tertiary/aromatic N) is 2. The van der Waals surface area contributed by atoms with E-state index in [0.717, 1.165) is 34.7 Å². The molecule has 0 spiro atoms. The van der Waals surface area contributed by atoms with Gasteiger partial charge in [-0.15, -0.1) is 0 Å². The predicted molar refractivity (Wildman–Crippen MR) is 65.7 cm³/mol. The summed E-state index contributed by atoms with van der Waals surface area (Å²) >= 11 is 0. The normalized spacial score (nSPS) is 11.2. The maximum Gasteiger partial charge on any atom is 0.160 e. The molecule has 0 unspecified atom stereocenters. The third kappa shape index (κ3) is 1.71. The summed E-state index contributed by atoms with van der Waals surface area (Å²) in [7, 11) is 0. The SMILES string of the molecule is CCc1ccc2nc(-c3cc(C)on3)[nH]c2c1. The van der Waals surface area contributed by atoms with E-state index in [4.69, 9.17) is 4.52 Å². The Balaban J connectivity index is 2.13. The second-order valence-electron chi connectivity index (χ2n) is 4.11. The lowest BCUT2D eigenvalue weighted by molar-refractivity contribution is 0.399. The number of hydrogen-bond donors (Lipinski definition) is 1. The van der Waals surface area contributed by atoms with Gasteiger partial charge in [-0.1, -0.05) is 18.1 Å². The first-order valence-electron chi connectivity index (χ1n) is 5.68. The zero-order valence-electron chi connectivity index (χ0n) is 9.82. The van der Waals surface area contributed by atoms with Crippen LogP contribution < -0.4 is 0 Å². The van der Waals surface area contributed by atoms with Crippen molar-refractivity contribution in [2.45, 2.75) is 20.3 Å². The van der Waals surface area contributed by atoms with Crippen LogP contribution >= 0.6 is 0 Å². The highest BCUT2D eigenvalue weighted by molar-refractivity contribution is 5.79. The maximum absolute atomic E-state index is 5.05. The van der Waals surface area contributed by atoms with Crippen LogP contribution in [0.2, 0.25) is 0 Å². The largest absolute Gasteiger partial charge is 0.361 e. The molecule has 4 nitrogen and oxygen atoms in total. The summed E-state index contributed by atoms with van der Waals surface area (Å²) in [6, 6.07) is 8.12. The van der Waals surface area contributed by atoms with Crippen molar-refractivity contribution in [3.8, 4) is 11.5 Å². The van der Waals surface area contributed by atoms with Gasteiger partial charge < -0.3 is 9.51 Å². The standard InChI is InChI=1S/C13H13N3O/c1-3-9-4-5-10-11(7-9)15-13(14-10)12-6-8(2)17-16-12/h4-7H,3H2,1-2H3,(H,14,15). The molecule has 17 heavy (non-hydrogen) atoms. The zero-order valence-corrected chi connectivity index (χ0v) is 9.82. The molecule has 0 saturated carbocycles. The van der Waals surface area contributed by atoms with E-state index in [2.05, 4.69) is 34.2 Å². The number of nitrogens with one attached hydrogen (secondary N) is 1. The van der Waals surface area contributed by atoms with Crippen molar-refractivity contribution in [2.75, 3.05) is 0 Å². The number of aryl methyl sites for hydroxylation is 2. The highest BCUT2D eigenvalue weighted by atomic mass is 16.5. The van der Waals surface area contributed by atoms with Gasteiger partial charge in [-0.3, -0.25) is 0 Å². The summed E-state index contributed by atoms with van der Waals surface area (Å²) < 4.78 is 5.05. The molecular formula is C13H13N3O. The van der Waals surface area contributed by atoms with Crippen LogP contribution in [0.3, 0.4) is 0 Å². The minimum atomic E-state index is 0.747. The van der Waals surface area contributed by atoms with E-state index >= 15 is 0 Å². The summed E-state index contributed by atoms with van der Waals surface area (Å²) in [5, 5.41) is 3.96. The molecule has 0 amide bonds. The number of H-pyrrole nitrogens is 1. The summed E-state index contributed by atoms with van der Waals surface area (Å²) in [5.41, 5.74) is 4.04. The van der Waals surface area contributed by atoms with E-state index in [9.17, 15) is 0 Å². The van der Waals surface area contributed by atoms with Crippen molar-refractivity contribution in [1.82, 2.24) is 15.1 Å². The van der Waals surface area contributed by atoms with Crippen LogP contribution in [0.25, 0.3) is 22.6 Å². The zero-order chi connectivity index (χ0) is 11.8. The van der Waals surface area contributed by atoms with E-state index in [0.29, 0.717) is 0 Å². The Morgan fingerprint density at radius 3 is 2.88 bits per heavy atom. The molecule has 0 aliphatic carbocycles. The van der Waals surface area contributed by atoms with E-state index in [1.54, 1.807) is 0 Å². The highest BCUT2D eigenvalue weighted by Gasteiger charge is 2.09. The minimum absolute atomic E-state index is 0.747. The second-order valence-corrected chi connectivity index (χ2v) is 4.11. The van der Waals surface area contributed by atoms with Gasteiger partial charge in [0.05, 0.1) is 11.0 Å². The third-order valence-corrected chi connectivity index (χ3v) is 2.83. The van der Waals surface area contributed by atoms with E-state index in [1.807, 2.05) is 19.1 Å². The fraction of sp³-hybridized carbons (Fsp3) is 0.231. The van der Waals surface area contributed by atoms with Gasteiger partial charge in [0.2, 0.25) is 0 Å². The highest BCUT2D eigenvalue weighted by Crippen LogP contribution is 2.21. The summed E-state index contributed by atoms with van der Waals surface area (Å²) in [4.78, 5) is 7.76. The van der Waals surface area contributed by atoms with E-state index < -0.39 is 0 Å². The van der Waals surface area contributed by atoms with Crippen molar-refractivity contribution >= 4 is 11.0 Å². The average molecular weight is 227 g/mol. The van der Waals surface area contributed by atoms with E-state index in [-0.39, 0.29) is 0 Å². The fourth-order valence-electron chi connectivity index (χ4n) is 1.88. The maximum atomic E-state index is 5.05. The lowest BCUT2D eigenvalue weighted by atomic mass is 10.1. The first kappa shape index (κ1) is 10.1. The summed E-state index contributed by atoms with van der Waals surface area (Å²) in [5.74, 6) is 1.54. The number of aromatic nitrogens is 3. The number of aromatic amines is 1. The van der Waals surface area contributed by atoms with Gasteiger partial charge in [0, 0.05) is 6.07 Å². The van der Waals surface area contributed by atoms with Gasteiger partial charge in [-0.25, -0.2) is 4.98 Å². The Kier molecular flexibility index (Phi) is 2.21. The molecule has 0 bridgehead atoms. The van der Waals surface area contributed by atoms with Gasteiger partial charge in [0.15, 0.2) is 5.82 Å². The number of imidazole rings is 1. The Bertz CT molecular complexity index is 666. The Hall–Kier alpha value is -2.10. The minimum Gasteiger partial charge on any atom is -0.361 e. The summed E-state index contributed by atoms with van der Waals surface area (Å²) in [6.07, 6.45) is 1.02. The third-order valence-electron chi connectivity index (χ3n) is 2.83. The van der Waals surface area contributed by atoms with Gasteiger partial charge in [-0.2, -0.15) is 0 Å². The lowest BCUT2D eigenvalue weighted by Crippen LogP contribution is -1.78. The quantitative estimate of drug-likeness (QED) is 0.731. The number of benzene rings is 1. The number of rotatable bonds is 2. The molecule has 86 valence electrons. The molecule has 4 heteroatoms. The van der Waals surface area contributed by atoms with Crippen molar-refractivity contribution in [3.63, 3.8) is 0 Å². The monoisotopic (exact) mass is 227 g/mol. The molecule has 0 aliphatic heterocycles. The number of fused-ring (bicyclic) bond motifs is 1. The lowest BCUT2D eigenvalue weighted by Gasteiger charge is -1.93. The first-order valence-corrected chi connectivity index (χ1v) is 5.68. The van der Waals surface area contributed by atoms with E-state index in [1.165, 1.54) is 5.56 Å². The first-order chi connectivity index (χ1) is 8.26. The van der Waals surface area contributed by atoms with Gasteiger partial charge in [0.1, 0.15) is 11.5 Å². The average Bonchev–Trinajstić information content (AvgIpc) is 2.93. The molecule has 2 heterocycles. The van der Waals surface area contributed by atoms with Crippen molar-refractivity contribution in [1.29, 1.82) is 0 Å². The molecule has 0 radical (unpaired) electrons. The van der Waals surface area contributed by atoms with Crippen LogP contribution in [-0.4, -0.2) is 15.1 Å². The van der Waals surface area contributed by atoms with Gasteiger partial charge in [0.25, 0.3) is 0 Å².